The third-order valence-corrected chi connectivity index (χ3v) is 4.12. The molecule has 3 heterocycles. The second-order valence-corrected chi connectivity index (χ2v) is 5.44. The summed E-state index contributed by atoms with van der Waals surface area (Å²) < 4.78 is 11.2. The number of ether oxygens (including phenoxy) is 1. The van der Waals surface area contributed by atoms with Crippen molar-refractivity contribution in [2.45, 2.75) is 24.7 Å². The summed E-state index contributed by atoms with van der Waals surface area (Å²) in [4.78, 5) is 4.62. The predicted molar refractivity (Wildman–Crippen MR) is 72.9 cm³/mol. The molecule has 104 valence electrons. The number of rotatable bonds is 2. The van der Waals surface area contributed by atoms with E-state index in [1.807, 2.05) is 18.2 Å². The van der Waals surface area contributed by atoms with Gasteiger partial charge in [0.05, 0.1) is 0 Å². The van der Waals surface area contributed by atoms with E-state index in [2.05, 4.69) is 21.5 Å². The molecule has 1 aromatic heterocycles. The smallest absolute Gasteiger partial charge is 0.237 e. The Morgan fingerprint density at radius 3 is 3.10 bits per heavy atom. The summed E-state index contributed by atoms with van der Waals surface area (Å²) in [6.45, 7) is 2.62. The molecule has 0 amide bonds. The van der Waals surface area contributed by atoms with Crippen LogP contribution in [0.3, 0.4) is 0 Å². The first-order valence-corrected chi connectivity index (χ1v) is 7.18. The Hall–Kier alpha value is -1.88. The fourth-order valence-corrected chi connectivity index (χ4v) is 2.99. The molecule has 0 bridgehead atoms. The molecule has 2 unspecified atom stereocenters. The normalized spacial score (nSPS) is 25.2. The second kappa shape index (κ2) is 4.90. The third-order valence-electron chi connectivity index (χ3n) is 4.12. The molecule has 2 aliphatic rings. The molecule has 1 N–H and O–H groups in total. The zero-order valence-corrected chi connectivity index (χ0v) is 11.2. The van der Waals surface area contributed by atoms with E-state index in [0.717, 1.165) is 36.6 Å². The van der Waals surface area contributed by atoms with Gasteiger partial charge in [-0.3, -0.25) is 0 Å². The van der Waals surface area contributed by atoms with E-state index in [1.54, 1.807) is 0 Å². The van der Waals surface area contributed by atoms with Gasteiger partial charge >= 0.3 is 0 Å². The molecule has 5 nitrogen and oxygen atoms in total. The highest BCUT2D eigenvalue weighted by Crippen LogP contribution is 2.37. The maximum Gasteiger partial charge on any atom is 0.237 e. The number of piperidine rings is 1. The molecule has 0 saturated carbocycles. The molecule has 20 heavy (non-hydrogen) atoms. The van der Waals surface area contributed by atoms with Gasteiger partial charge in [0.25, 0.3) is 0 Å². The van der Waals surface area contributed by atoms with Crippen molar-refractivity contribution in [2.24, 2.45) is 0 Å². The zero-order chi connectivity index (χ0) is 13.4. The Labute approximate surface area is 117 Å². The maximum atomic E-state index is 5.68. The lowest BCUT2D eigenvalue weighted by atomic mass is 9.98. The van der Waals surface area contributed by atoms with Crippen LogP contribution >= 0.6 is 0 Å². The summed E-state index contributed by atoms with van der Waals surface area (Å²) >= 11 is 0. The minimum Gasteiger partial charge on any atom is -0.492 e. The van der Waals surface area contributed by atoms with Gasteiger partial charge in [0, 0.05) is 18.0 Å². The number of nitrogens with one attached hydrogen (secondary N) is 1. The molecule has 1 fully saturated rings. The maximum absolute atomic E-state index is 5.68. The molecule has 1 saturated heterocycles. The Kier molecular flexibility index (Phi) is 2.92. The molecular formula is C15H17N3O2. The SMILES string of the molecule is c1ccc2c(c1)OCC2c1nc(C2CCCNC2)no1. The first kappa shape index (κ1) is 11.9. The average Bonchev–Trinajstić information content (AvgIpc) is 3.14. The molecule has 0 spiro atoms. The molecule has 4 rings (SSSR count). The van der Waals surface area contributed by atoms with Gasteiger partial charge in [-0.1, -0.05) is 23.4 Å². The third kappa shape index (κ3) is 1.98. The molecule has 0 aliphatic carbocycles. The highest BCUT2D eigenvalue weighted by atomic mass is 16.5. The number of para-hydroxylation sites is 1. The molecule has 2 atom stereocenters. The van der Waals surface area contributed by atoms with Crippen molar-refractivity contribution in [3.63, 3.8) is 0 Å². The lowest BCUT2D eigenvalue weighted by Crippen LogP contribution is -2.28. The van der Waals surface area contributed by atoms with Crippen LogP contribution in [0.5, 0.6) is 5.75 Å². The van der Waals surface area contributed by atoms with E-state index in [0.29, 0.717) is 18.4 Å². The van der Waals surface area contributed by atoms with Crippen molar-refractivity contribution in [2.75, 3.05) is 19.7 Å². The van der Waals surface area contributed by atoms with Crippen LogP contribution in [0.25, 0.3) is 0 Å². The minimum atomic E-state index is 0.0731. The highest BCUT2D eigenvalue weighted by Gasteiger charge is 2.31. The zero-order valence-electron chi connectivity index (χ0n) is 11.2. The Balaban J connectivity index is 1.59. The van der Waals surface area contributed by atoms with Crippen LogP contribution in [-0.2, 0) is 0 Å². The van der Waals surface area contributed by atoms with Crippen LogP contribution in [-0.4, -0.2) is 29.8 Å². The largest absolute Gasteiger partial charge is 0.492 e. The average molecular weight is 271 g/mol. The first-order valence-electron chi connectivity index (χ1n) is 7.18. The van der Waals surface area contributed by atoms with Crippen LogP contribution in [0.2, 0.25) is 0 Å². The number of aromatic nitrogens is 2. The van der Waals surface area contributed by atoms with E-state index in [9.17, 15) is 0 Å². The lowest BCUT2D eigenvalue weighted by Gasteiger charge is -2.19. The summed E-state index contributed by atoms with van der Waals surface area (Å²) in [5.74, 6) is 2.88. The van der Waals surface area contributed by atoms with Crippen LogP contribution in [0.4, 0.5) is 0 Å². The minimum absolute atomic E-state index is 0.0731. The molecule has 2 aromatic rings. The van der Waals surface area contributed by atoms with Crippen molar-refractivity contribution < 1.29 is 9.26 Å². The standard InChI is InChI=1S/C15H17N3O2/c1-2-6-13-11(5-1)12(9-19-13)15-17-14(18-20-15)10-4-3-7-16-8-10/h1-2,5-6,10,12,16H,3-4,7-9H2. The molecule has 0 radical (unpaired) electrons. The Bertz CT molecular complexity index is 605. The van der Waals surface area contributed by atoms with Gasteiger partial charge in [0.1, 0.15) is 18.3 Å². The van der Waals surface area contributed by atoms with Gasteiger partial charge < -0.3 is 14.6 Å². The van der Waals surface area contributed by atoms with Crippen molar-refractivity contribution in [3.8, 4) is 5.75 Å². The van der Waals surface area contributed by atoms with Gasteiger partial charge in [0.2, 0.25) is 5.89 Å². The number of hydrogen-bond acceptors (Lipinski definition) is 5. The molecule has 2 aliphatic heterocycles. The second-order valence-electron chi connectivity index (χ2n) is 5.44. The fraction of sp³-hybridized carbons (Fsp3) is 0.467. The van der Waals surface area contributed by atoms with Gasteiger partial charge in [-0.15, -0.1) is 0 Å². The number of hydrogen-bond donors (Lipinski definition) is 1. The van der Waals surface area contributed by atoms with Crippen LogP contribution in [0, 0.1) is 0 Å². The molecule has 5 heteroatoms. The van der Waals surface area contributed by atoms with Crippen LogP contribution < -0.4 is 10.1 Å². The van der Waals surface area contributed by atoms with Crippen molar-refractivity contribution in [1.82, 2.24) is 15.5 Å². The van der Waals surface area contributed by atoms with Crippen molar-refractivity contribution >= 4 is 0 Å². The van der Waals surface area contributed by atoms with E-state index in [4.69, 9.17) is 9.26 Å². The fourth-order valence-electron chi connectivity index (χ4n) is 2.99. The Morgan fingerprint density at radius 1 is 1.25 bits per heavy atom. The van der Waals surface area contributed by atoms with Crippen LogP contribution in [0.15, 0.2) is 28.8 Å². The lowest BCUT2D eigenvalue weighted by molar-refractivity contribution is 0.303. The Morgan fingerprint density at radius 2 is 2.20 bits per heavy atom. The predicted octanol–water partition coefficient (Wildman–Crippen LogP) is 2.06. The van der Waals surface area contributed by atoms with Gasteiger partial charge in [0.15, 0.2) is 5.82 Å². The number of nitrogens with zero attached hydrogens (tertiary/aromatic N) is 2. The van der Waals surface area contributed by atoms with Crippen LogP contribution in [0.1, 0.15) is 42.0 Å². The van der Waals surface area contributed by atoms with Gasteiger partial charge in [-0.25, -0.2) is 0 Å². The van der Waals surface area contributed by atoms with Gasteiger partial charge in [-0.2, -0.15) is 4.98 Å². The summed E-state index contributed by atoms with van der Waals surface area (Å²) in [7, 11) is 0. The summed E-state index contributed by atoms with van der Waals surface area (Å²) in [5, 5.41) is 7.56. The quantitative estimate of drug-likeness (QED) is 0.906. The van der Waals surface area contributed by atoms with E-state index >= 15 is 0 Å². The summed E-state index contributed by atoms with van der Waals surface area (Å²) in [6.07, 6.45) is 2.30. The molecular weight excluding hydrogens is 254 g/mol. The summed E-state index contributed by atoms with van der Waals surface area (Å²) in [6, 6.07) is 8.05. The van der Waals surface area contributed by atoms with E-state index < -0.39 is 0 Å². The number of benzene rings is 1. The van der Waals surface area contributed by atoms with Crippen molar-refractivity contribution in [3.05, 3.63) is 41.5 Å². The van der Waals surface area contributed by atoms with E-state index in [-0.39, 0.29) is 5.92 Å². The van der Waals surface area contributed by atoms with Crippen molar-refractivity contribution in [1.29, 1.82) is 0 Å². The van der Waals surface area contributed by atoms with E-state index in [1.165, 1.54) is 6.42 Å². The first-order chi connectivity index (χ1) is 9.92. The monoisotopic (exact) mass is 271 g/mol. The molecule has 1 aromatic carbocycles. The summed E-state index contributed by atoms with van der Waals surface area (Å²) in [5.41, 5.74) is 1.14. The topological polar surface area (TPSA) is 60.2 Å². The number of fused-ring (bicyclic) bond motifs is 1. The highest BCUT2D eigenvalue weighted by molar-refractivity contribution is 5.42. The van der Waals surface area contributed by atoms with Gasteiger partial charge in [-0.05, 0) is 25.5 Å².